The lowest BCUT2D eigenvalue weighted by Crippen LogP contribution is -2.40. The van der Waals surface area contributed by atoms with E-state index in [2.05, 4.69) is 15.5 Å². The van der Waals surface area contributed by atoms with Gasteiger partial charge in [0.25, 0.3) is 5.91 Å². The van der Waals surface area contributed by atoms with Crippen molar-refractivity contribution in [2.24, 2.45) is 5.92 Å². The van der Waals surface area contributed by atoms with E-state index in [-0.39, 0.29) is 11.9 Å². The number of carboxylic acid groups (broad SMARTS) is 1. The van der Waals surface area contributed by atoms with Crippen molar-refractivity contribution in [2.75, 3.05) is 0 Å². The van der Waals surface area contributed by atoms with Crippen LogP contribution < -0.4 is 5.32 Å². The Morgan fingerprint density at radius 1 is 1.30 bits per heavy atom. The molecule has 1 aromatic heterocycles. The van der Waals surface area contributed by atoms with Crippen LogP contribution in [-0.2, 0) is 4.79 Å². The van der Waals surface area contributed by atoms with Crippen molar-refractivity contribution in [3.8, 4) is 0 Å². The van der Waals surface area contributed by atoms with E-state index < -0.39 is 11.9 Å². The molecule has 0 aliphatic heterocycles. The second-order valence-corrected chi connectivity index (χ2v) is 5.07. The highest BCUT2D eigenvalue weighted by molar-refractivity contribution is 6.04. The number of carboxylic acids is 1. The first-order valence-electron chi connectivity index (χ1n) is 6.63. The number of amides is 1. The SMILES string of the molecule is O=C(N[C@H]1CCC[C@H]1C(=O)O)c1n[nH]c2ccccc12. The Morgan fingerprint density at radius 3 is 2.90 bits per heavy atom. The van der Waals surface area contributed by atoms with Crippen molar-refractivity contribution in [3.63, 3.8) is 0 Å². The number of nitrogens with one attached hydrogen (secondary N) is 2. The summed E-state index contributed by atoms with van der Waals surface area (Å²) in [5.41, 5.74) is 1.11. The summed E-state index contributed by atoms with van der Waals surface area (Å²) in [6, 6.07) is 7.05. The smallest absolute Gasteiger partial charge is 0.308 e. The molecule has 1 aromatic carbocycles. The van der Waals surface area contributed by atoms with Gasteiger partial charge in [0.05, 0.1) is 11.4 Å². The monoisotopic (exact) mass is 273 g/mol. The van der Waals surface area contributed by atoms with Crippen LogP contribution >= 0.6 is 0 Å². The van der Waals surface area contributed by atoms with Crippen molar-refractivity contribution in [1.29, 1.82) is 0 Å². The summed E-state index contributed by atoms with van der Waals surface area (Å²) in [6.07, 6.45) is 2.13. The average molecular weight is 273 g/mol. The number of hydrogen-bond donors (Lipinski definition) is 3. The number of aromatic amines is 1. The Labute approximate surface area is 115 Å². The summed E-state index contributed by atoms with van der Waals surface area (Å²) in [7, 11) is 0. The van der Waals surface area contributed by atoms with Gasteiger partial charge in [0.1, 0.15) is 0 Å². The van der Waals surface area contributed by atoms with Gasteiger partial charge in [0.15, 0.2) is 5.69 Å². The molecular formula is C14H15N3O3. The molecule has 3 rings (SSSR count). The Bertz CT molecular complexity index is 664. The standard InChI is InChI=1S/C14H15N3O3/c18-13(15-10-7-3-5-9(10)14(19)20)12-8-4-1-2-6-11(8)16-17-12/h1-2,4,6,9-10H,3,5,7H2,(H,15,18)(H,16,17)(H,19,20)/t9-,10+/m1/s1. The molecule has 6 heteroatoms. The third-order valence-electron chi connectivity index (χ3n) is 3.84. The van der Waals surface area contributed by atoms with Crippen LogP contribution in [-0.4, -0.2) is 33.2 Å². The number of rotatable bonds is 3. The fourth-order valence-corrected chi connectivity index (χ4v) is 2.80. The summed E-state index contributed by atoms with van der Waals surface area (Å²) in [5.74, 6) is -1.66. The van der Waals surface area contributed by atoms with Crippen molar-refractivity contribution in [3.05, 3.63) is 30.0 Å². The maximum atomic E-state index is 12.3. The first-order chi connectivity index (χ1) is 9.66. The van der Waals surface area contributed by atoms with E-state index in [9.17, 15) is 9.59 Å². The molecule has 1 heterocycles. The molecule has 1 aliphatic rings. The number of fused-ring (bicyclic) bond motifs is 1. The number of H-pyrrole nitrogens is 1. The lowest BCUT2D eigenvalue weighted by Gasteiger charge is -2.16. The zero-order valence-corrected chi connectivity index (χ0v) is 10.8. The van der Waals surface area contributed by atoms with Gasteiger partial charge in [0.2, 0.25) is 0 Å². The molecule has 0 spiro atoms. The lowest BCUT2D eigenvalue weighted by atomic mass is 10.0. The number of aromatic nitrogens is 2. The molecular weight excluding hydrogens is 258 g/mol. The van der Waals surface area contributed by atoms with Gasteiger partial charge in [-0.1, -0.05) is 24.6 Å². The van der Waals surface area contributed by atoms with Crippen molar-refractivity contribution in [1.82, 2.24) is 15.5 Å². The van der Waals surface area contributed by atoms with E-state index in [4.69, 9.17) is 5.11 Å². The van der Waals surface area contributed by atoms with Crippen molar-refractivity contribution < 1.29 is 14.7 Å². The average Bonchev–Trinajstić information content (AvgIpc) is 3.04. The fraction of sp³-hybridized carbons (Fsp3) is 0.357. The first kappa shape index (κ1) is 12.7. The van der Waals surface area contributed by atoms with Crippen molar-refractivity contribution >= 4 is 22.8 Å². The van der Waals surface area contributed by atoms with Gasteiger partial charge in [-0.2, -0.15) is 5.10 Å². The zero-order valence-electron chi connectivity index (χ0n) is 10.8. The van der Waals surface area contributed by atoms with Crippen LogP contribution in [0.5, 0.6) is 0 Å². The molecule has 0 unspecified atom stereocenters. The number of carbonyl (C=O) groups is 2. The minimum atomic E-state index is -0.848. The molecule has 0 radical (unpaired) electrons. The molecule has 2 atom stereocenters. The quantitative estimate of drug-likeness (QED) is 0.790. The number of para-hydroxylation sites is 1. The molecule has 104 valence electrons. The first-order valence-corrected chi connectivity index (χ1v) is 6.63. The Balaban J connectivity index is 1.81. The van der Waals surface area contributed by atoms with Gasteiger partial charge < -0.3 is 10.4 Å². The largest absolute Gasteiger partial charge is 0.481 e. The maximum Gasteiger partial charge on any atom is 0.308 e. The third-order valence-corrected chi connectivity index (χ3v) is 3.84. The summed E-state index contributed by atoms with van der Waals surface area (Å²) in [4.78, 5) is 23.4. The minimum Gasteiger partial charge on any atom is -0.481 e. The van der Waals surface area contributed by atoms with Crippen LogP contribution in [0, 0.1) is 5.92 Å². The van der Waals surface area contributed by atoms with E-state index in [0.717, 1.165) is 17.3 Å². The Kier molecular flexibility index (Phi) is 3.14. The number of benzene rings is 1. The second kappa shape index (κ2) is 4.96. The summed E-state index contributed by atoms with van der Waals surface area (Å²) >= 11 is 0. The number of carbonyl (C=O) groups excluding carboxylic acids is 1. The predicted molar refractivity (Wildman–Crippen MR) is 72.3 cm³/mol. The second-order valence-electron chi connectivity index (χ2n) is 5.07. The Morgan fingerprint density at radius 2 is 2.10 bits per heavy atom. The van der Waals surface area contributed by atoms with Gasteiger partial charge >= 0.3 is 5.97 Å². The van der Waals surface area contributed by atoms with Gasteiger partial charge in [0, 0.05) is 11.4 Å². The van der Waals surface area contributed by atoms with Crippen LogP contribution in [0.15, 0.2) is 24.3 Å². The minimum absolute atomic E-state index is 0.310. The number of aliphatic carboxylic acids is 1. The van der Waals surface area contributed by atoms with Gasteiger partial charge in [-0.05, 0) is 18.9 Å². The molecule has 1 aliphatic carbocycles. The van der Waals surface area contributed by atoms with E-state index in [1.54, 1.807) is 0 Å². The van der Waals surface area contributed by atoms with Crippen LogP contribution in [0.1, 0.15) is 29.8 Å². The van der Waals surface area contributed by atoms with E-state index >= 15 is 0 Å². The zero-order chi connectivity index (χ0) is 14.1. The molecule has 1 amide bonds. The third kappa shape index (κ3) is 2.13. The normalized spacial score (nSPS) is 22.0. The molecule has 0 saturated heterocycles. The molecule has 6 nitrogen and oxygen atoms in total. The molecule has 0 bridgehead atoms. The predicted octanol–water partition coefficient (Wildman–Crippen LogP) is 1.55. The van der Waals surface area contributed by atoms with Crippen LogP contribution in [0.3, 0.4) is 0 Å². The van der Waals surface area contributed by atoms with Gasteiger partial charge in [-0.3, -0.25) is 14.7 Å². The summed E-state index contributed by atoms with van der Waals surface area (Å²) in [6.45, 7) is 0. The highest BCUT2D eigenvalue weighted by Crippen LogP contribution is 2.26. The highest BCUT2D eigenvalue weighted by Gasteiger charge is 2.34. The molecule has 2 aromatic rings. The molecule has 1 saturated carbocycles. The van der Waals surface area contributed by atoms with Crippen LogP contribution in [0.2, 0.25) is 0 Å². The van der Waals surface area contributed by atoms with Crippen LogP contribution in [0.4, 0.5) is 0 Å². The van der Waals surface area contributed by atoms with E-state index in [0.29, 0.717) is 18.5 Å². The summed E-state index contributed by atoms with van der Waals surface area (Å²) < 4.78 is 0. The van der Waals surface area contributed by atoms with E-state index in [1.807, 2.05) is 24.3 Å². The van der Waals surface area contributed by atoms with E-state index in [1.165, 1.54) is 0 Å². The molecule has 20 heavy (non-hydrogen) atoms. The Hall–Kier alpha value is -2.37. The molecule has 1 fully saturated rings. The van der Waals surface area contributed by atoms with Gasteiger partial charge in [-0.25, -0.2) is 0 Å². The van der Waals surface area contributed by atoms with Crippen molar-refractivity contribution in [2.45, 2.75) is 25.3 Å². The number of nitrogens with zero attached hydrogens (tertiary/aromatic N) is 1. The summed E-state index contributed by atoms with van der Waals surface area (Å²) in [5, 5.41) is 19.5. The topological polar surface area (TPSA) is 95.1 Å². The van der Waals surface area contributed by atoms with Gasteiger partial charge in [-0.15, -0.1) is 0 Å². The maximum absolute atomic E-state index is 12.3. The molecule has 3 N–H and O–H groups in total. The fourth-order valence-electron chi connectivity index (χ4n) is 2.80. The number of hydrogen-bond acceptors (Lipinski definition) is 3. The lowest BCUT2D eigenvalue weighted by molar-refractivity contribution is -0.142. The highest BCUT2D eigenvalue weighted by atomic mass is 16.4. The van der Waals surface area contributed by atoms with Crippen LogP contribution in [0.25, 0.3) is 10.9 Å².